The molecule has 126 valence electrons. The molecule has 0 bridgehead atoms. The Morgan fingerprint density at radius 3 is 2.70 bits per heavy atom. The Morgan fingerprint density at radius 2 is 2.00 bits per heavy atom. The molecule has 0 unspecified atom stereocenters. The molecule has 0 saturated carbocycles. The van der Waals surface area contributed by atoms with Crippen molar-refractivity contribution in [1.29, 1.82) is 0 Å². The third-order valence-electron chi connectivity index (χ3n) is 4.36. The number of nitrogens with zero attached hydrogens (tertiary/aromatic N) is 2. The highest BCUT2D eigenvalue weighted by Gasteiger charge is 2.10. The molecule has 23 heavy (non-hydrogen) atoms. The number of nitrogens with one attached hydrogen (secondary N) is 1. The van der Waals surface area contributed by atoms with Gasteiger partial charge in [-0.1, -0.05) is 13.8 Å². The van der Waals surface area contributed by atoms with E-state index >= 15 is 0 Å². The van der Waals surface area contributed by atoms with E-state index in [-0.39, 0.29) is 0 Å². The molecule has 0 fully saturated rings. The average molecular weight is 315 g/mol. The van der Waals surface area contributed by atoms with Crippen LogP contribution in [-0.2, 0) is 0 Å². The fraction of sp³-hybridized carbons (Fsp3) is 0.526. The number of benzene rings is 1. The molecule has 2 rings (SSSR count). The molecule has 4 nitrogen and oxygen atoms in total. The van der Waals surface area contributed by atoms with E-state index in [1.165, 1.54) is 13.0 Å². The second kappa shape index (κ2) is 8.73. The Balaban J connectivity index is 2.01. The smallest absolute Gasteiger partial charge is 0.145 e. The van der Waals surface area contributed by atoms with E-state index in [0.29, 0.717) is 6.04 Å². The molecule has 0 spiro atoms. The van der Waals surface area contributed by atoms with Gasteiger partial charge in [-0.15, -0.1) is 0 Å². The largest absolute Gasteiger partial charge is 0.494 e. The van der Waals surface area contributed by atoms with Gasteiger partial charge in [0.2, 0.25) is 0 Å². The van der Waals surface area contributed by atoms with Crippen LogP contribution in [0.4, 0.5) is 5.69 Å². The van der Waals surface area contributed by atoms with Crippen molar-refractivity contribution in [1.82, 2.24) is 9.88 Å². The first kappa shape index (κ1) is 17.5. The van der Waals surface area contributed by atoms with Crippen molar-refractivity contribution in [2.45, 2.75) is 39.7 Å². The first-order valence-corrected chi connectivity index (χ1v) is 8.60. The minimum atomic E-state index is 0.433. The predicted molar refractivity (Wildman–Crippen MR) is 98.4 cm³/mol. The maximum Gasteiger partial charge on any atom is 0.145 e. The van der Waals surface area contributed by atoms with Gasteiger partial charge < -0.3 is 15.0 Å². The lowest BCUT2D eigenvalue weighted by molar-refractivity contribution is 0.295. The highest BCUT2D eigenvalue weighted by Crippen LogP contribution is 2.30. The highest BCUT2D eigenvalue weighted by molar-refractivity contribution is 5.95. The number of hydrogen-bond acceptors (Lipinski definition) is 4. The van der Waals surface area contributed by atoms with Crippen molar-refractivity contribution >= 4 is 16.6 Å². The summed E-state index contributed by atoms with van der Waals surface area (Å²) in [6.07, 6.45) is 4.18. The molecule has 1 aromatic carbocycles. The number of hydrogen-bond donors (Lipinski definition) is 1. The molecule has 2 aromatic rings. The van der Waals surface area contributed by atoms with Gasteiger partial charge in [-0.3, -0.25) is 4.98 Å². The minimum absolute atomic E-state index is 0.433. The molecular weight excluding hydrogens is 286 g/mol. The van der Waals surface area contributed by atoms with Gasteiger partial charge in [0.05, 0.1) is 7.11 Å². The van der Waals surface area contributed by atoms with Gasteiger partial charge >= 0.3 is 0 Å². The third-order valence-corrected chi connectivity index (χ3v) is 4.36. The van der Waals surface area contributed by atoms with Crippen LogP contribution in [0, 0.1) is 0 Å². The van der Waals surface area contributed by atoms with E-state index in [1.54, 1.807) is 7.11 Å². The molecule has 1 aromatic heterocycles. The van der Waals surface area contributed by atoms with Crippen LogP contribution < -0.4 is 10.1 Å². The van der Waals surface area contributed by atoms with Gasteiger partial charge in [0.1, 0.15) is 11.3 Å². The highest BCUT2D eigenvalue weighted by atomic mass is 16.5. The van der Waals surface area contributed by atoms with E-state index in [4.69, 9.17) is 4.74 Å². The summed E-state index contributed by atoms with van der Waals surface area (Å²) in [4.78, 5) is 6.93. The maximum atomic E-state index is 5.41. The molecular formula is C19H29N3O. The Morgan fingerprint density at radius 1 is 1.22 bits per heavy atom. The molecule has 4 heteroatoms. The second-order valence-electron chi connectivity index (χ2n) is 5.93. The van der Waals surface area contributed by atoms with E-state index in [2.05, 4.69) is 48.1 Å². The van der Waals surface area contributed by atoms with Crippen molar-refractivity contribution < 1.29 is 4.74 Å². The summed E-state index contributed by atoms with van der Waals surface area (Å²) in [5.74, 6) is 0.820. The number of aromatic nitrogens is 1. The number of fused-ring (bicyclic) bond motifs is 1. The van der Waals surface area contributed by atoms with Crippen LogP contribution in [0.25, 0.3) is 10.9 Å². The van der Waals surface area contributed by atoms with Crippen LogP contribution in [0.5, 0.6) is 5.75 Å². The van der Waals surface area contributed by atoms with Gasteiger partial charge in [-0.25, -0.2) is 0 Å². The summed E-state index contributed by atoms with van der Waals surface area (Å²) >= 11 is 0. The third kappa shape index (κ3) is 4.58. The fourth-order valence-corrected chi connectivity index (χ4v) is 2.94. The van der Waals surface area contributed by atoms with Crippen LogP contribution in [-0.4, -0.2) is 42.7 Å². The molecule has 0 aliphatic rings. The summed E-state index contributed by atoms with van der Waals surface area (Å²) < 4.78 is 5.41. The van der Waals surface area contributed by atoms with E-state index < -0.39 is 0 Å². The molecule has 0 aliphatic heterocycles. The first-order valence-electron chi connectivity index (χ1n) is 8.60. The quantitative estimate of drug-likeness (QED) is 0.754. The number of methoxy groups -OCH3 is 1. The second-order valence-corrected chi connectivity index (χ2v) is 5.93. The fourth-order valence-electron chi connectivity index (χ4n) is 2.94. The molecule has 0 saturated heterocycles. The zero-order valence-electron chi connectivity index (χ0n) is 14.8. The zero-order chi connectivity index (χ0) is 16.7. The summed E-state index contributed by atoms with van der Waals surface area (Å²) in [6, 6.07) is 8.57. The topological polar surface area (TPSA) is 37.4 Å². The van der Waals surface area contributed by atoms with Crippen molar-refractivity contribution in [3.8, 4) is 5.75 Å². The average Bonchev–Trinajstić information content (AvgIpc) is 2.59. The first-order chi connectivity index (χ1) is 11.2. The molecule has 1 N–H and O–H groups in total. The molecule has 0 amide bonds. The van der Waals surface area contributed by atoms with Gasteiger partial charge in [0, 0.05) is 23.3 Å². The number of pyridine rings is 1. The lowest BCUT2D eigenvalue weighted by atomic mass is 10.1. The summed E-state index contributed by atoms with van der Waals surface area (Å²) in [5.41, 5.74) is 2.04. The standard InChI is InChI=1S/C19H29N3O/c1-5-22(6-2)14-8-9-15(3)21-17-11-12-18(23-4)19-16(17)10-7-13-20-19/h7,10-13,15,21H,5-6,8-9,14H2,1-4H3/t15-/m1/s1. The lowest BCUT2D eigenvalue weighted by Crippen LogP contribution is -2.25. The Hall–Kier alpha value is -1.81. The molecule has 0 aliphatic carbocycles. The van der Waals surface area contributed by atoms with Gasteiger partial charge in [0.15, 0.2) is 0 Å². The van der Waals surface area contributed by atoms with Crippen LogP contribution in [0.2, 0.25) is 0 Å². The van der Waals surface area contributed by atoms with Gasteiger partial charge in [-0.05, 0) is 63.7 Å². The lowest BCUT2D eigenvalue weighted by Gasteiger charge is -2.21. The summed E-state index contributed by atoms with van der Waals surface area (Å²) in [5, 5.41) is 4.75. The summed E-state index contributed by atoms with van der Waals surface area (Å²) in [7, 11) is 1.69. The minimum Gasteiger partial charge on any atom is -0.494 e. The molecule has 1 heterocycles. The van der Waals surface area contributed by atoms with E-state index in [0.717, 1.165) is 41.9 Å². The van der Waals surface area contributed by atoms with Crippen LogP contribution in [0.1, 0.15) is 33.6 Å². The van der Waals surface area contributed by atoms with Crippen molar-refractivity contribution in [3.05, 3.63) is 30.5 Å². The Labute approximate surface area is 139 Å². The zero-order valence-corrected chi connectivity index (χ0v) is 14.8. The normalized spacial score (nSPS) is 12.6. The number of rotatable bonds is 9. The Bertz CT molecular complexity index is 611. The van der Waals surface area contributed by atoms with Gasteiger partial charge in [0.25, 0.3) is 0 Å². The van der Waals surface area contributed by atoms with Crippen molar-refractivity contribution in [2.24, 2.45) is 0 Å². The predicted octanol–water partition coefficient (Wildman–Crippen LogP) is 4.17. The van der Waals surface area contributed by atoms with Crippen LogP contribution in [0.15, 0.2) is 30.5 Å². The van der Waals surface area contributed by atoms with Crippen LogP contribution in [0.3, 0.4) is 0 Å². The van der Waals surface area contributed by atoms with Gasteiger partial charge in [-0.2, -0.15) is 0 Å². The SMILES string of the molecule is CCN(CC)CCC[C@@H](C)Nc1ccc(OC)c2ncccc12. The monoisotopic (exact) mass is 315 g/mol. The van der Waals surface area contributed by atoms with E-state index in [1.807, 2.05) is 18.3 Å². The summed E-state index contributed by atoms with van der Waals surface area (Å²) in [6.45, 7) is 10.1. The number of anilines is 1. The van der Waals surface area contributed by atoms with Crippen molar-refractivity contribution in [2.75, 3.05) is 32.1 Å². The molecule has 1 atom stereocenters. The molecule has 0 radical (unpaired) electrons. The maximum absolute atomic E-state index is 5.41. The van der Waals surface area contributed by atoms with E-state index in [9.17, 15) is 0 Å². The number of ether oxygens (including phenoxy) is 1. The Kier molecular flexibility index (Phi) is 6.66. The van der Waals surface area contributed by atoms with Crippen LogP contribution >= 0.6 is 0 Å². The van der Waals surface area contributed by atoms with Crippen molar-refractivity contribution in [3.63, 3.8) is 0 Å².